The number of amides is 1. The summed E-state index contributed by atoms with van der Waals surface area (Å²) in [5, 5.41) is 11.8. The molecule has 1 fully saturated rings. The molecule has 0 radical (unpaired) electrons. The lowest BCUT2D eigenvalue weighted by Crippen LogP contribution is -2.29. The Labute approximate surface area is 119 Å². The molecule has 1 aliphatic rings. The molecule has 1 aromatic heterocycles. The van der Waals surface area contributed by atoms with Crippen molar-refractivity contribution in [2.75, 3.05) is 18.4 Å². The highest BCUT2D eigenvalue weighted by Crippen LogP contribution is 2.32. The molecule has 0 aliphatic carbocycles. The average molecular weight is 323 g/mol. The topological polar surface area (TPSA) is 59.0 Å². The zero-order chi connectivity index (χ0) is 13.2. The average Bonchev–Trinajstić information content (AvgIpc) is 2.79. The van der Waals surface area contributed by atoms with Crippen molar-refractivity contribution < 1.29 is 4.79 Å². The van der Waals surface area contributed by atoms with Gasteiger partial charge in [0.25, 0.3) is 0 Å². The molecule has 2 heterocycles. The minimum absolute atomic E-state index is 0.409. The fraction of sp³-hybridized carbons (Fsp3) is 0.385. The van der Waals surface area contributed by atoms with Gasteiger partial charge in [-0.1, -0.05) is 6.07 Å². The van der Waals surface area contributed by atoms with E-state index in [1.54, 1.807) is 0 Å². The second kappa shape index (κ2) is 5.30. The van der Waals surface area contributed by atoms with E-state index in [1.165, 1.54) is 0 Å². The molecule has 1 saturated heterocycles. The zero-order valence-corrected chi connectivity index (χ0v) is 12.0. The van der Waals surface area contributed by atoms with Crippen LogP contribution in [0.2, 0.25) is 0 Å². The summed E-state index contributed by atoms with van der Waals surface area (Å²) in [7, 11) is 0. The maximum absolute atomic E-state index is 10.6. The van der Waals surface area contributed by atoms with Gasteiger partial charge in [-0.05, 0) is 54.0 Å². The number of benzene rings is 1. The highest BCUT2D eigenvalue weighted by Gasteiger charge is 2.20. The summed E-state index contributed by atoms with van der Waals surface area (Å²) in [5.41, 5.74) is 1.58. The van der Waals surface area contributed by atoms with Gasteiger partial charge in [0.2, 0.25) is 6.41 Å². The summed E-state index contributed by atoms with van der Waals surface area (Å²) in [6, 6.07) is 6.21. The molecule has 0 bridgehead atoms. The molecule has 100 valence electrons. The number of hydrogen-bond donors (Lipinski definition) is 2. The van der Waals surface area contributed by atoms with Crippen LogP contribution < -0.4 is 10.6 Å². The normalized spacial score (nSPS) is 16.7. The number of anilines is 1. The lowest BCUT2D eigenvalue weighted by molar-refractivity contribution is -0.105. The Morgan fingerprint density at radius 3 is 2.95 bits per heavy atom. The van der Waals surface area contributed by atoms with Crippen LogP contribution >= 0.6 is 15.9 Å². The van der Waals surface area contributed by atoms with Crippen molar-refractivity contribution in [2.45, 2.75) is 18.9 Å². The first-order valence-electron chi connectivity index (χ1n) is 6.39. The monoisotopic (exact) mass is 322 g/mol. The van der Waals surface area contributed by atoms with E-state index >= 15 is 0 Å². The first-order chi connectivity index (χ1) is 9.31. The first-order valence-corrected chi connectivity index (χ1v) is 7.18. The van der Waals surface area contributed by atoms with Crippen molar-refractivity contribution in [3.8, 4) is 0 Å². The Morgan fingerprint density at radius 2 is 2.21 bits per heavy atom. The fourth-order valence-electron chi connectivity index (χ4n) is 2.57. The van der Waals surface area contributed by atoms with E-state index in [4.69, 9.17) is 0 Å². The lowest BCUT2D eigenvalue weighted by atomic mass is 10.1. The summed E-state index contributed by atoms with van der Waals surface area (Å²) in [4.78, 5) is 10.6. The zero-order valence-electron chi connectivity index (χ0n) is 10.4. The predicted octanol–water partition coefficient (Wildman–Crippen LogP) is 2.29. The standard InChI is InChI=1S/C13H15BrN4O/c14-13-10-2-1-3-11(16-8-19)12(10)17-18(13)9-4-6-15-7-5-9/h1-3,8-9,15H,4-7H2,(H,16,19). The van der Waals surface area contributed by atoms with Crippen molar-refractivity contribution in [3.63, 3.8) is 0 Å². The van der Waals surface area contributed by atoms with E-state index in [2.05, 4.69) is 31.7 Å². The van der Waals surface area contributed by atoms with Gasteiger partial charge < -0.3 is 10.6 Å². The summed E-state index contributed by atoms with van der Waals surface area (Å²) in [6.07, 6.45) is 2.83. The minimum atomic E-state index is 0.409. The molecule has 2 aromatic rings. The number of aromatic nitrogens is 2. The van der Waals surface area contributed by atoms with Crippen LogP contribution in [0.4, 0.5) is 5.69 Å². The maximum atomic E-state index is 10.6. The molecule has 0 spiro atoms. The number of nitrogens with one attached hydrogen (secondary N) is 2. The SMILES string of the molecule is O=CNc1cccc2c(Br)n(C3CCNCC3)nc12. The van der Waals surface area contributed by atoms with Crippen LogP contribution in [-0.2, 0) is 4.79 Å². The molecule has 1 aliphatic heterocycles. The van der Waals surface area contributed by atoms with Crippen LogP contribution in [0.5, 0.6) is 0 Å². The van der Waals surface area contributed by atoms with Crippen molar-refractivity contribution in [1.82, 2.24) is 15.1 Å². The van der Waals surface area contributed by atoms with Crippen molar-refractivity contribution in [1.29, 1.82) is 0 Å². The second-order valence-corrected chi connectivity index (χ2v) is 5.43. The van der Waals surface area contributed by atoms with Crippen molar-refractivity contribution >= 4 is 38.9 Å². The second-order valence-electron chi connectivity index (χ2n) is 4.68. The lowest BCUT2D eigenvalue weighted by Gasteiger charge is -2.23. The summed E-state index contributed by atoms with van der Waals surface area (Å²) < 4.78 is 3.03. The molecule has 1 aromatic carbocycles. The fourth-order valence-corrected chi connectivity index (χ4v) is 3.25. The van der Waals surface area contributed by atoms with Gasteiger partial charge >= 0.3 is 0 Å². The van der Waals surface area contributed by atoms with Crippen molar-refractivity contribution in [2.24, 2.45) is 0 Å². The Hall–Kier alpha value is -1.40. The van der Waals surface area contributed by atoms with Crippen LogP contribution in [0.15, 0.2) is 22.8 Å². The predicted molar refractivity (Wildman–Crippen MR) is 78.3 cm³/mol. The third-order valence-corrected chi connectivity index (χ3v) is 4.33. The first kappa shape index (κ1) is 12.6. The van der Waals surface area contributed by atoms with Crippen LogP contribution in [0.1, 0.15) is 18.9 Å². The van der Waals surface area contributed by atoms with Crippen LogP contribution in [0, 0.1) is 0 Å². The molecule has 5 nitrogen and oxygen atoms in total. The number of piperidine rings is 1. The summed E-state index contributed by atoms with van der Waals surface area (Å²) in [5.74, 6) is 0. The molecule has 0 saturated carbocycles. The minimum Gasteiger partial charge on any atom is -0.327 e. The van der Waals surface area contributed by atoms with Crippen LogP contribution in [-0.4, -0.2) is 29.3 Å². The van der Waals surface area contributed by atoms with E-state index in [0.717, 1.165) is 47.1 Å². The van der Waals surface area contributed by atoms with Gasteiger partial charge in [-0.15, -0.1) is 0 Å². The van der Waals surface area contributed by atoms with E-state index in [-0.39, 0.29) is 0 Å². The third-order valence-electron chi connectivity index (χ3n) is 3.54. The Kier molecular flexibility index (Phi) is 3.52. The molecule has 0 atom stereocenters. The highest BCUT2D eigenvalue weighted by atomic mass is 79.9. The third kappa shape index (κ3) is 2.26. The van der Waals surface area contributed by atoms with Crippen LogP contribution in [0.3, 0.4) is 0 Å². The van der Waals surface area contributed by atoms with Gasteiger partial charge in [0, 0.05) is 5.39 Å². The number of rotatable bonds is 3. The van der Waals surface area contributed by atoms with Gasteiger partial charge in [0.15, 0.2) is 0 Å². The quantitative estimate of drug-likeness (QED) is 0.852. The molecule has 2 N–H and O–H groups in total. The number of carbonyl (C=O) groups excluding carboxylic acids is 1. The molecular formula is C13H15BrN4O. The number of nitrogens with zero attached hydrogens (tertiary/aromatic N) is 2. The van der Waals surface area contributed by atoms with Crippen molar-refractivity contribution in [3.05, 3.63) is 22.8 Å². The summed E-state index contributed by atoms with van der Waals surface area (Å²) >= 11 is 3.64. The number of carbonyl (C=O) groups is 1. The molecular weight excluding hydrogens is 308 g/mol. The Balaban J connectivity index is 2.08. The van der Waals surface area contributed by atoms with E-state index in [9.17, 15) is 4.79 Å². The Morgan fingerprint density at radius 1 is 1.42 bits per heavy atom. The van der Waals surface area contributed by atoms with E-state index in [0.29, 0.717) is 12.5 Å². The molecule has 3 rings (SSSR count). The highest BCUT2D eigenvalue weighted by molar-refractivity contribution is 9.10. The van der Waals surface area contributed by atoms with Crippen LogP contribution in [0.25, 0.3) is 10.9 Å². The Bertz CT molecular complexity index is 604. The van der Waals surface area contributed by atoms with Gasteiger partial charge in [-0.25, -0.2) is 0 Å². The van der Waals surface area contributed by atoms with E-state index < -0.39 is 0 Å². The van der Waals surface area contributed by atoms with Gasteiger partial charge in [-0.3, -0.25) is 9.48 Å². The number of fused-ring (bicyclic) bond motifs is 1. The van der Waals surface area contributed by atoms with Gasteiger partial charge in [-0.2, -0.15) is 5.10 Å². The maximum Gasteiger partial charge on any atom is 0.211 e. The van der Waals surface area contributed by atoms with Gasteiger partial charge in [0.05, 0.1) is 11.7 Å². The van der Waals surface area contributed by atoms with Gasteiger partial charge in [0.1, 0.15) is 10.1 Å². The number of hydrogen-bond acceptors (Lipinski definition) is 3. The number of halogens is 1. The molecule has 1 amide bonds. The summed E-state index contributed by atoms with van der Waals surface area (Å²) in [6.45, 7) is 2.04. The molecule has 0 unspecified atom stereocenters. The molecule has 6 heteroatoms. The largest absolute Gasteiger partial charge is 0.327 e. The van der Waals surface area contributed by atoms with E-state index in [1.807, 2.05) is 22.9 Å². The smallest absolute Gasteiger partial charge is 0.211 e. The molecule has 19 heavy (non-hydrogen) atoms.